The maximum Gasteiger partial charge on any atom is 0.174 e. The Morgan fingerprint density at radius 3 is 2.83 bits per heavy atom. The molecule has 1 aromatic carbocycles. The van der Waals surface area contributed by atoms with Crippen LogP contribution in [0.2, 0.25) is 5.02 Å². The molecule has 0 aromatic heterocycles. The van der Waals surface area contributed by atoms with Gasteiger partial charge in [0, 0.05) is 9.50 Å². The van der Waals surface area contributed by atoms with E-state index in [2.05, 4.69) is 15.9 Å². The fourth-order valence-electron chi connectivity index (χ4n) is 0.727. The van der Waals surface area contributed by atoms with Crippen molar-refractivity contribution in [3.63, 3.8) is 0 Å². The molecule has 1 aromatic rings. The lowest BCUT2D eigenvalue weighted by atomic mass is 10.3. The Morgan fingerprint density at radius 2 is 2.25 bits per heavy atom. The van der Waals surface area contributed by atoms with E-state index < -0.39 is 0 Å². The Kier molecular flexibility index (Phi) is 3.39. The summed E-state index contributed by atoms with van der Waals surface area (Å²) >= 11 is 8.99. The number of ether oxygens (including phenoxy) is 1. The predicted octanol–water partition coefficient (Wildman–Crippen LogP) is 3.00. The molecule has 2 nitrogen and oxygen atoms in total. The zero-order valence-corrected chi connectivity index (χ0v) is 8.39. The van der Waals surface area contributed by atoms with Crippen LogP contribution in [0.4, 0.5) is 0 Å². The Labute approximate surface area is 83.8 Å². The first-order valence-corrected chi connectivity index (χ1v) is 4.35. The Hall–Kier alpha value is -0.720. The molecule has 0 atom stereocenters. The molecular formula is C8H5BrClNO. The monoisotopic (exact) mass is 245 g/mol. The van der Waals surface area contributed by atoms with Crippen molar-refractivity contribution in [3.8, 4) is 11.8 Å². The third-order valence-corrected chi connectivity index (χ3v) is 1.82. The average molecular weight is 246 g/mol. The van der Waals surface area contributed by atoms with Crippen molar-refractivity contribution in [1.29, 1.82) is 5.26 Å². The molecule has 12 heavy (non-hydrogen) atoms. The SMILES string of the molecule is N#CCOc1cc(Cl)cc(Br)c1. The van der Waals surface area contributed by atoms with E-state index >= 15 is 0 Å². The van der Waals surface area contributed by atoms with Gasteiger partial charge in [-0.2, -0.15) is 5.26 Å². The van der Waals surface area contributed by atoms with Crippen LogP contribution in [-0.2, 0) is 0 Å². The van der Waals surface area contributed by atoms with E-state index in [0.717, 1.165) is 4.47 Å². The molecule has 0 fully saturated rings. The van der Waals surface area contributed by atoms with Crippen LogP contribution in [-0.4, -0.2) is 6.61 Å². The molecule has 4 heteroatoms. The minimum Gasteiger partial charge on any atom is -0.479 e. The Balaban J connectivity index is 2.80. The molecule has 0 heterocycles. The van der Waals surface area contributed by atoms with Crippen molar-refractivity contribution in [2.75, 3.05) is 6.61 Å². The summed E-state index contributed by atoms with van der Waals surface area (Å²) in [5, 5.41) is 8.83. The molecule has 0 aliphatic carbocycles. The minimum atomic E-state index is 0.0345. The van der Waals surface area contributed by atoms with E-state index in [1.54, 1.807) is 18.2 Å². The van der Waals surface area contributed by atoms with E-state index in [9.17, 15) is 0 Å². The normalized spacial score (nSPS) is 9.08. The van der Waals surface area contributed by atoms with Crippen molar-refractivity contribution in [1.82, 2.24) is 0 Å². The number of nitrogens with zero attached hydrogens (tertiary/aromatic N) is 1. The largest absolute Gasteiger partial charge is 0.479 e. The van der Waals surface area contributed by atoms with Gasteiger partial charge >= 0.3 is 0 Å². The van der Waals surface area contributed by atoms with E-state index in [-0.39, 0.29) is 6.61 Å². The lowest BCUT2D eigenvalue weighted by Crippen LogP contribution is -1.92. The maximum absolute atomic E-state index is 8.25. The standard InChI is InChI=1S/C8H5BrClNO/c9-6-3-7(10)5-8(4-6)12-2-1-11/h3-5H,2H2. The highest BCUT2D eigenvalue weighted by atomic mass is 79.9. The number of rotatable bonds is 2. The summed E-state index contributed by atoms with van der Waals surface area (Å²) in [4.78, 5) is 0. The summed E-state index contributed by atoms with van der Waals surface area (Å²) in [6.45, 7) is 0.0345. The molecule has 0 saturated heterocycles. The molecule has 0 spiro atoms. The van der Waals surface area contributed by atoms with Crippen molar-refractivity contribution in [3.05, 3.63) is 27.7 Å². The topological polar surface area (TPSA) is 33.0 Å². The van der Waals surface area contributed by atoms with Crippen LogP contribution >= 0.6 is 27.5 Å². The number of hydrogen-bond acceptors (Lipinski definition) is 2. The molecular weight excluding hydrogens is 241 g/mol. The van der Waals surface area contributed by atoms with Crippen LogP contribution in [0.3, 0.4) is 0 Å². The summed E-state index contributed by atoms with van der Waals surface area (Å²) in [6, 6.07) is 7.03. The second kappa shape index (κ2) is 4.34. The highest BCUT2D eigenvalue weighted by Crippen LogP contribution is 2.24. The Morgan fingerprint density at radius 1 is 1.50 bits per heavy atom. The molecule has 0 aliphatic heterocycles. The van der Waals surface area contributed by atoms with Crippen molar-refractivity contribution in [2.24, 2.45) is 0 Å². The molecule has 0 saturated carbocycles. The summed E-state index contributed by atoms with van der Waals surface area (Å²) in [7, 11) is 0. The van der Waals surface area contributed by atoms with Gasteiger partial charge in [0.25, 0.3) is 0 Å². The van der Waals surface area contributed by atoms with Gasteiger partial charge in [-0.1, -0.05) is 27.5 Å². The van der Waals surface area contributed by atoms with Crippen LogP contribution in [0, 0.1) is 11.3 Å². The van der Waals surface area contributed by atoms with Crippen molar-refractivity contribution >= 4 is 27.5 Å². The van der Waals surface area contributed by atoms with Gasteiger partial charge in [-0.3, -0.25) is 0 Å². The minimum absolute atomic E-state index is 0.0345. The van der Waals surface area contributed by atoms with Crippen LogP contribution in [0.15, 0.2) is 22.7 Å². The highest BCUT2D eigenvalue weighted by molar-refractivity contribution is 9.10. The lowest BCUT2D eigenvalue weighted by Gasteiger charge is -2.01. The molecule has 0 bridgehead atoms. The quantitative estimate of drug-likeness (QED) is 0.804. The second-order valence-corrected chi connectivity index (χ2v) is 3.40. The fourth-order valence-corrected chi connectivity index (χ4v) is 1.56. The first-order valence-electron chi connectivity index (χ1n) is 3.18. The fraction of sp³-hybridized carbons (Fsp3) is 0.125. The molecule has 1 rings (SSSR count). The maximum atomic E-state index is 8.25. The Bertz CT molecular complexity index is 301. The summed E-state index contributed by atoms with van der Waals surface area (Å²) in [5.41, 5.74) is 0. The molecule has 62 valence electrons. The zero-order valence-electron chi connectivity index (χ0n) is 6.05. The van der Waals surface area contributed by atoms with E-state index in [1.165, 1.54) is 0 Å². The third-order valence-electron chi connectivity index (χ3n) is 1.14. The first kappa shape index (κ1) is 9.37. The number of nitriles is 1. The smallest absolute Gasteiger partial charge is 0.174 e. The summed E-state index contributed by atoms with van der Waals surface area (Å²) < 4.78 is 5.88. The predicted molar refractivity (Wildman–Crippen MR) is 50.3 cm³/mol. The summed E-state index contributed by atoms with van der Waals surface area (Å²) in [6.07, 6.45) is 0. The van der Waals surface area contributed by atoms with E-state index in [4.69, 9.17) is 21.6 Å². The first-order chi connectivity index (χ1) is 5.72. The van der Waals surface area contributed by atoms with Crippen LogP contribution in [0.5, 0.6) is 5.75 Å². The summed E-state index contributed by atoms with van der Waals surface area (Å²) in [5.74, 6) is 0.593. The molecule has 0 amide bonds. The van der Waals surface area contributed by atoms with Gasteiger partial charge in [0.2, 0.25) is 0 Å². The van der Waals surface area contributed by atoms with Gasteiger partial charge in [-0.15, -0.1) is 0 Å². The average Bonchev–Trinajstić information content (AvgIpc) is 1.99. The van der Waals surface area contributed by atoms with Gasteiger partial charge in [0.05, 0.1) is 0 Å². The van der Waals surface area contributed by atoms with Gasteiger partial charge < -0.3 is 4.74 Å². The van der Waals surface area contributed by atoms with Gasteiger partial charge in [-0.25, -0.2) is 0 Å². The highest BCUT2D eigenvalue weighted by Gasteiger charge is 1.97. The second-order valence-electron chi connectivity index (χ2n) is 2.05. The molecule has 0 N–H and O–H groups in total. The van der Waals surface area contributed by atoms with Gasteiger partial charge in [0.15, 0.2) is 6.61 Å². The molecule has 0 aliphatic rings. The van der Waals surface area contributed by atoms with Crippen molar-refractivity contribution in [2.45, 2.75) is 0 Å². The van der Waals surface area contributed by atoms with Crippen LogP contribution in [0.1, 0.15) is 0 Å². The third kappa shape index (κ3) is 2.72. The molecule has 0 radical (unpaired) electrons. The number of hydrogen-bond donors (Lipinski definition) is 0. The number of benzene rings is 1. The van der Waals surface area contributed by atoms with E-state index in [1.807, 2.05) is 6.07 Å². The van der Waals surface area contributed by atoms with Crippen molar-refractivity contribution < 1.29 is 4.74 Å². The van der Waals surface area contributed by atoms with Gasteiger partial charge in [0.1, 0.15) is 11.8 Å². The molecule has 0 unspecified atom stereocenters. The van der Waals surface area contributed by atoms with Crippen LogP contribution in [0.25, 0.3) is 0 Å². The zero-order chi connectivity index (χ0) is 8.97. The van der Waals surface area contributed by atoms with Crippen LogP contribution < -0.4 is 4.74 Å². The lowest BCUT2D eigenvalue weighted by molar-refractivity contribution is 0.368. The van der Waals surface area contributed by atoms with Gasteiger partial charge in [-0.05, 0) is 18.2 Å². The number of halogens is 2. The van der Waals surface area contributed by atoms with E-state index in [0.29, 0.717) is 10.8 Å².